The molecule has 8 nitrogen and oxygen atoms in total. The molecule has 1 saturated heterocycles. The molecule has 1 amide bonds. The highest BCUT2D eigenvalue weighted by Gasteiger charge is 2.24. The summed E-state index contributed by atoms with van der Waals surface area (Å²) in [5, 5.41) is 2.58. The van der Waals surface area contributed by atoms with Crippen molar-refractivity contribution in [3.05, 3.63) is 47.1 Å². The minimum atomic E-state index is -3.87. The van der Waals surface area contributed by atoms with Gasteiger partial charge in [0.25, 0.3) is 10.0 Å². The molecule has 4 rings (SSSR count). The van der Waals surface area contributed by atoms with Crippen LogP contribution in [0.2, 0.25) is 0 Å². The molecule has 3 aromatic rings. The highest BCUT2D eigenvalue weighted by Crippen LogP contribution is 2.30. The predicted octanol–water partition coefficient (Wildman–Crippen LogP) is 3.66. The van der Waals surface area contributed by atoms with Crippen LogP contribution in [0.1, 0.15) is 24.1 Å². The first-order valence-corrected chi connectivity index (χ1v) is 12.7. The summed E-state index contributed by atoms with van der Waals surface area (Å²) >= 11 is 1.42. The summed E-state index contributed by atoms with van der Waals surface area (Å²) in [6.45, 7) is 5.26. The van der Waals surface area contributed by atoms with Gasteiger partial charge < -0.3 is 14.2 Å². The average Bonchev–Trinajstić information content (AvgIpc) is 3.50. The van der Waals surface area contributed by atoms with Crippen LogP contribution in [0, 0.1) is 13.8 Å². The van der Waals surface area contributed by atoms with Gasteiger partial charge in [-0.15, -0.1) is 11.3 Å². The molecule has 1 aromatic carbocycles. The molecule has 1 fully saturated rings. The van der Waals surface area contributed by atoms with E-state index in [1.54, 1.807) is 35.9 Å². The minimum absolute atomic E-state index is 0.0180. The maximum atomic E-state index is 13.2. The van der Waals surface area contributed by atoms with Crippen LogP contribution in [0.25, 0.3) is 10.7 Å². The number of anilines is 1. The zero-order valence-electron chi connectivity index (χ0n) is 18.3. The number of benzene rings is 1. The molecular formula is C22H26N4O4S2. The lowest BCUT2D eigenvalue weighted by Gasteiger charge is -2.16. The molecule has 1 aliphatic heterocycles. The summed E-state index contributed by atoms with van der Waals surface area (Å²) in [5.41, 5.74) is 2.67. The SMILES string of the molecule is COc1ccc(NS(=O)(=O)c2cc(-c3nc(C)cs3)n(CC(=O)N3CCCC3)c2)c(C)c1. The highest BCUT2D eigenvalue weighted by molar-refractivity contribution is 7.92. The van der Waals surface area contributed by atoms with Gasteiger partial charge in [0.15, 0.2) is 0 Å². The molecule has 1 aliphatic rings. The summed E-state index contributed by atoms with van der Waals surface area (Å²) in [4.78, 5) is 19.2. The third-order valence-corrected chi connectivity index (χ3v) is 7.78. The fraction of sp³-hybridized carbons (Fsp3) is 0.364. The molecular weight excluding hydrogens is 448 g/mol. The number of aromatic nitrogens is 2. The van der Waals surface area contributed by atoms with E-state index in [2.05, 4.69) is 9.71 Å². The summed E-state index contributed by atoms with van der Waals surface area (Å²) in [5.74, 6) is 0.633. The number of carbonyl (C=O) groups is 1. The van der Waals surface area contributed by atoms with Crippen molar-refractivity contribution in [1.29, 1.82) is 0 Å². The number of hydrogen-bond donors (Lipinski definition) is 1. The van der Waals surface area contributed by atoms with E-state index >= 15 is 0 Å². The van der Waals surface area contributed by atoms with Gasteiger partial charge in [0, 0.05) is 30.4 Å². The molecule has 0 bridgehead atoms. The van der Waals surface area contributed by atoms with Crippen molar-refractivity contribution in [3.63, 3.8) is 0 Å². The number of amides is 1. The quantitative estimate of drug-likeness (QED) is 0.564. The van der Waals surface area contributed by atoms with E-state index in [-0.39, 0.29) is 17.3 Å². The highest BCUT2D eigenvalue weighted by atomic mass is 32.2. The first-order valence-electron chi connectivity index (χ1n) is 10.3. The number of likely N-dealkylation sites (tertiary alicyclic amines) is 1. The molecule has 10 heteroatoms. The Morgan fingerprint density at radius 2 is 1.97 bits per heavy atom. The average molecular weight is 475 g/mol. The monoisotopic (exact) mass is 474 g/mol. The Kier molecular flexibility index (Phi) is 6.25. The van der Waals surface area contributed by atoms with E-state index in [1.807, 2.05) is 24.1 Å². The van der Waals surface area contributed by atoms with E-state index in [0.29, 0.717) is 22.1 Å². The number of methoxy groups -OCH3 is 1. The number of rotatable bonds is 7. The molecule has 0 atom stereocenters. The summed E-state index contributed by atoms with van der Waals surface area (Å²) in [6, 6.07) is 6.72. The van der Waals surface area contributed by atoms with Crippen molar-refractivity contribution in [1.82, 2.24) is 14.5 Å². The summed E-state index contributed by atoms with van der Waals surface area (Å²) < 4.78 is 35.9. The molecule has 170 valence electrons. The second-order valence-corrected chi connectivity index (χ2v) is 10.4. The van der Waals surface area contributed by atoms with Crippen LogP contribution >= 0.6 is 11.3 Å². The van der Waals surface area contributed by atoms with Gasteiger partial charge in [0.05, 0.1) is 18.5 Å². The van der Waals surface area contributed by atoms with Crippen molar-refractivity contribution in [2.45, 2.75) is 38.1 Å². The zero-order valence-corrected chi connectivity index (χ0v) is 19.9. The van der Waals surface area contributed by atoms with Crippen molar-refractivity contribution in [3.8, 4) is 16.5 Å². The molecule has 2 aromatic heterocycles. The van der Waals surface area contributed by atoms with E-state index < -0.39 is 10.0 Å². The fourth-order valence-corrected chi connectivity index (χ4v) is 5.70. The van der Waals surface area contributed by atoms with Gasteiger partial charge in [-0.2, -0.15) is 0 Å². The topological polar surface area (TPSA) is 93.5 Å². The molecule has 32 heavy (non-hydrogen) atoms. The fourth-order valence-electron chi connectivity index (χ4n) is 3.71. The molecule has 0 radical (unpaired) electrons. The Morgan fingerprint density at radius 3 is 2.59 bits per heavy atom. The summed E-state index contributed by atoms with van der Waals surface area (Å²) in [6.07, 6.45) is 3.52. The number of nitrogens with one attached hydrogen (secondary N) is 1. The Labute approximate surface area is 191 Å². The molecule has 0 unspecified atom stereocenters. The smallest absolute Gasteiger partial charge is 0.263 e. The van der Waals surface area contributed by atoms with Gasteiger partial charge in [-0.05, 0) is 56.5 Å². The normalized spacial score (nSPS) is 14.0. The molecule has 0 spiro atoms. The summed E-state index contributed by atoms with van der Waals surface area (Å²) in [7, 11) is -2.31. The van der Waals surface area contributed by atoms with Gasteiger partial charge in [-0.3, -0.25) is 9.52 Å². The second kappa shape index (κ2) is 8.95. The zero-order chi connectivity index (χ0) is 22.9. The van der Waals surface area contributed by atoms with Gasteiger partial charge in [0.2, 0.25) is 5.91 Å². The predicted molar refractivity (Wildman–Crippen MR) is 125 cm³/mol. The Hall–Kier alpha value is -2.85. The first-order chi connectivity index (χ1) is 15.3. The van der Waals surface area contributed by atoms with Crippen molar-refractivity contribution >= 4 is 33.0 Å². The lowest BCUT2D eigenvalue weighted by Crippen LogP contribution is -2.31. The number of aryl methyl sites for hydroxylation is 2. The first kappa shape index (κ1) is 22.3. The third kappa shape index (κ3) is 4.66. The van der Waals surface area contributed by atoms with Crippen LogP contribution in [0.4, 0.5) is 5.69 Å². The number of nitrogens with zero attached hydrogens (tertiary/aromatic N) is 3. The lowest BCUT2D eigenvalue weighted by molar-refractivity contribution is -0.130. The van der Waals surface area contributed by atoms with E-state index in [4.69, 9.17) is 4.74 Å². The van der Waals surface area contributed by atoms with E-state index in [1.165, 1.54) is 17.5 Å². The van der Waals surface area contributed by atoms with Gasteiger partial charge in [0.1, 0.15) is 22.2 Å². The second-order valence-electron chi connectivity index (χ2n) is 7.86. The number of thiazole rings is 1. The lowest BCUT2D eigenvalue weighted by atomic mass is 10.2. The number of carbonyl (C=O) groups excluding carboxylic acids is 1. The van der Waals surface area contributed by atoms with Crippen LogP contribution in [-0.4, -0.2) is 49.0 Å². The minimum Gasteiger partial charge on any atom is -0.497 e. The van der Waals surface area contributed by atoms with Crippen molar-refractivity contribution in [2.75, 3.05) is 24.9 Å². The standard InChI is InChI=1S/C22H26N4O4S2/c1-15-10-17(30-3)6-7-19(15)24-32(28,29)18-11-20(22-23-16(2)14-31-22)26(12-18)13-21(27)25-8-4-5-9-25/h6-7,10-12,14,24H,4-5,8-9,13H2,1-3H3. The van der Waals surface area contributed by atoms with E-state index in [0.717, 1.165) is 37.2 Å². The van der Waals surface area contributed by atoms with Crippen LogP contribution in [-0.2, 0) is 21.4 Å². The molecule has 1 N–H and O–H groups in total. The number of hydrogen-bond acceptors (Lipinski definition) is 6. The Morgan fingerprint density at radius 1 is 1.22 bits per heavy atom. The maximum absolute atomic E-state index is 13.2. The van der Waals surface area contributed by atoms with Crippen LogP contribution in [0.15, 0.2) is 40.7 Å². The van der Waals surface area contributed by atoms with Gasteiger partial charge in [-0.25, -0.2) is 13.4 Å². The van der Waals surface area contributed by atoms with Crippen molar-refractivity contribution in [2.24, 2.45) is 0 Å². The Bertz CT molecular complexity index is 1240. The number of sulfonamides is 1. The van der Waals surface area contributed by atoms with Crippen LogP contribution in [0.3, 0.4) is 0 Å². The molecule has 3 heterocycles. The van der Waals surface area contributed by atoms with Gasteiger partial charge >= 0.3 is 0 Å². The van der Waals surface area contributed by atoms with Crippen LogP contribution in [0.5, 0.6) is 5.75 Å². The van der Waals surface area contributed by atoms with E-state index in [9.17, 15) is 13.2 Å². The maximum Gasteiger partial charge on any atom is 0.263 e. The van der Waals surface area contributed by atoms with Crippen LogP contribution < -0.4 is 9.46 Å². The Balaban J connectivity index is 1.67. The largest absolute Gasteiger partial charge is 0.497 e. The number of ether oxygens (including phenoxy) is 1. The molecule has 0 saturated carbocycles. The third-order valence-electron chi connectivity index (χ3n) is 5.46. The molecule has 0 aliphatic carbocycles. The van der Waals surface area contributed by atoms with Gasteiger partial charge in [-0.1, -0.05) is 0 Å². The van der Waals surface area contributed by atoms with Crippen molar-refractivity contribution < 1.29 is 17.9 Å².